The lowest BCUT2D eigenvalue weighted by atomic mass is 10.1. The Bertz CT molecular complexity index is 727. The summed E-state index contributed by atoms with van der Waals surface area (Å²) in [7, 11) is 0. The summed E-state index contributed by atoms with van der Waals surface area (Å²) >= 11 is 6.04. The third-order valence-electron chi connectivity index (χ3n) is 4.57. The average Bonchev–Trinajstić information content (AvgIpc) is 3.23. The molecule has 0 radical (unpaired) electrons. The maximum absolute atomic E-state index is 12.6. The molecule has 2 heterocycles. The molecule has 1 aromatic carbocycles. The first-order valence-electron chi connectivity index (χ1n) is 8.02. The van der Waals surface area contributed by atoms with Crippen LogP contribution in [0, 0.1) is 22.7 Å². The predicted octanol–water partition coefficient (Wildman–Crippen LogP) is 2.29. The van der Waals surface area contributed by atoms with Crippen molar-refractivity contribution in [3.05, 3.63) is 28.8 Å². The smallest absolute Gasteiger partial charge is 0.240 e. The number of hydrogen-bond donors (Lipinski definition) is 2. The normalized spacial score (nSPS) is 24.9. The molecule has 1 aromatic rings. The van der Waals surface area contributed by atoms with Gasteiger partial charge in [0.05, 0.1) is 22.7 Å². The molecular formula is C17H19Cl2N5O. The van der Waals surface area contributed by atoms with Gasteiger partial charge >= 0.3 is 0 Å². The molecule has 6 nitrogen and oxygen atoms in total. The Kier molecular flexibility index (Phi) is 6.50. The summed E-state index contributed by atoms with van der Waals surface area (Å²) in [6, 6.07) is 9.01. The summed E-state index contributed by atoms with van der Waals surface area (Å²) in [4.78, 5) is 14.3. The quantitative estimate of drug-likeness (QED) is 0.840. The topological polar surface area (TPSA) is 91.9 Å². The number of likely N-dealkylation sites (tertiary alicyclic amines) is 1. The summed E-state index contributed by atoms with van der Waals surface area (Å²) in [6.45, 7) is 1.33. The van der Waals surface area contributed by atoms with Crippen molar-refractivity contribution in [1.29, 1.82) is 10.5 Å². The van der Waals surface area contributed by atoms with Crippen molar-refractivity contribution in [3.63, 3.8) is 0 Å². The molecule has 8 heteroatoms. The number of benzene rings is 1. The highest BCUT2D eigenvalue weighted by Crippen LogP contribution is 2.24. The summed E-state index contributed by atoms with van der Waals surface area (Å²) in [5.74, 6) is 0.0150. The Balaban J connectivity index is 0.00000225. The Morgan fingerprint density at radius 1 is 1.40 bits per heavy atom. The number of amides is 1. The van der Waals surface area contributed by atoms with Crippen LogP contribution >= 0.6 is 24.0 Å². The molecule has 0 bridgehead atoms. The fraction of sp³-hybridized carbons (Fsp3) is 0.471. The van der Waals surface area contributed by atoms with Gasteiger partial charge in [0, 0.05) is 24.8 Å². The van der Waals surface area contributed by atoms with Crippen LogP contribution in [-0.4, -0.2) is 42.0 Å². The molecular weight excluding hydrogens is 361 g/mol. The molecule has 0 aromatic heterocycles. The van der Waals surface area contributed by atoms with Crippen LogP contribution in [0.15, 0.2) is 18.2 Å². The second kappa shape index (κ2) is 8.40. The van der Waals surface area contributed by atoms with Crippen LogP contribution in [0.4, 0.5) is 5.69 Å². The molecule has 3 atom stereocenters. The summed E-state index contributed by atoms with van der Waals surface area (Å²) in [5, 5.41) is 25.0. The molecule has 25 heavy (non-hydrogen) atoms. The van der Waals surface area contributed by atoms with Gasteiger partial charge in [0.15, 0.2) is 0 Å². The van der Waals surface area contributed by atoms with E-state index in [0.29, 0.717) is 30.1 Å². The van der Waals surface area contributed by atoms with Gasteiger partial charge in [-0.1, -0.05) is 11.6 Å². The minimum Gasteiger partial charge on any atom is -0.381 e. The van der Waals surface area contributed by atoms with Crippen molar-refractivity contribution in [2.45, 2.75) is 37.4 Å². The Hall–Kier alpha value is -1.99. The van der Waals surface area contributed by atoms with Crippen molar-refractivity contribution in [2.75, 3.05) is 18.4 Å². The van der Waals surface area contributed by atoms with Crippen LogP contribution in [0.25, 0.3) is 0 Å². The number of rotatable bonds is 3. The molecule has 132 valence electrons. The van der Waals surface area contributed by atoms with Gasteiger partial charge in [-0.3, -0.25) is 4.79 Å². The van der Waals surface area contributed by atoms with Crippen molar-refractivity contribution < 1.29 is 4.79 Å². The molecule has 3 rings (SSSR count). The number of anilines is 1. The predicted molar refractivity (Wildman–Crippen MR) is 97.6 cm³/mol. The summed E-state index contributed by atoms with van der Waals surface area (Å²) in [5.41, 5.74) is 1.27. The SMILES string of the molecule is Cl.N#Cc1ccc(N[C@@H]2CN[C@H](C(=O)N3CCCC3C#N)C2)cc1Cl. The molecule has 0 aliphatic carbocycles. The summed E-state index contributed by atoms with van der Waals surface area (Å²) in [6.07, 6.45) is 2.31. The van der Waals surface area contributed by atoms with E-state index in [1.165, 1.54) is 0 Å². The number of carbonyl (C=O) groups is 1. The van der Waals surface area contributed by atoms with E-state index in [0.717, 1.165) is 18.5 Å². The lowest BCUT2D eigenvalue weighted by molar-refractivity contribution is -0.133. The van der Waals surface area contributed by atoms with Crippen molar-refractivity contribution in [2.24, 2.45) is 0 Å². The van der Waals surface area contributed by atoms with Crippen LogP contribution in [0.2, 0.25) is 5.02 Å². The first kappa shape index (κ1) is 19.3. The van der Waals surface area contributed by atoms with E-state index in [4.69, 9.17) is 22.1 Å². The molecule has 0 spiro atoms. The average molecular weight is 380 g/mol. The molecule has 1 unspecified atom stereocenters. The van der Waals surface area contributed by atoms with Crippen LogP contribution in [-0.2, 0) is 4.79 Å². The fourth-order valence-corrected chi connectivity index (χ4v) is 3.55. The van der Waals surface area contributed by atoms with Crippen LogP contribution in [0.3, 0.4) is 0 Å². The Morgan fingerprint density at radius 3 is 2.88 bits per heavy atom. The van der Waals surface area contributed by atoms with Crippen LogP contribution in [0.1, 0.15) is 24.8 Å². The van der Waals surface area contributed by atoms with Gasteiger partial charge in [0.2, 0.25) is 5.91 Å². The highest BCUT2D eigenvalue weighted by Gasteiger charge is 2.36. The zero-order valence-electron chi connectivity index (χ0n) is 13.5. The first-order valence-corrected chi connectivity index (χ1v) is 8.40. The molecule has 2 fully saturated rings. The third-order valence-corrected chi connectivity index (χ3v) is 4.89. The van der Waals surface area contributed by atoms with E-state index in [2.05, 4.69) is 16.7 Å². The molecule has 1 amide bonds. The number of hydrogen-bond acceptors (Lipinski definition) is 5. The number of carbonyl (C=O) groups excluding carboxylic acids is 1. The lowest BCUT2D eigenvalue weighted by Gasteiger charge is -2.23. The largest absolute Gasteiger partial charge is 0.381 e. The molecule has 2 aliphatic rings. The number of nitrogens with zero attached hydrogens (tertiary/aromatic N) is 3. The molecule has 2 aliphatic heterocycles. The molecule has 0 saturated carbocycles. The second-order valence-electron chi connectivity index (χ2n) is 6.16. The highest BCUT2D eigenvalue weighted by molar-refractivity contribution is 6.32. The first-order chi connectivity index (χ1) is 11.6. The maximum Gasteiger partial charge on any atom is 0.240 e. The van der Waals surface area contributed by atoms with E-state index in [9.17, 15) is 4.79 Å². The monoisotopic (exact) mass is 379 g/mol. The Labute approximate surface area is 158 Å². The lowest BCUT2D eigenvalue weighted by Crippen LogP contribution is -2.45. The standard InChI is InChI=1S/C17H18ClN5O.ClH/c18-15-6-12(4-3-11(15)8-19)22-13-7-16(21-10-13)17(24)23-5-1-2-14(23)9-20;/h3-4,6,13-14,16,21-22H,1-2,5,7,10H2;1H/t13-,14?,16-;/m0./s1. The van der Waals surface area contributed by atoms with Crippen molar-refractivity contribution in [3.8, 4) is 12.1 Å². The van der Waals surface area contributed by atoms with E-state index in [1.807, 2.05) is 12.1 Å². The molecule has 2 N–H and O–H groups in total. The van der Waals surface area contributed by atoms with E-state index >= 15 is 0 Å². The fourth-order valence-electron chi connectivity index (χ4n) is 3.33. The minimum absolute atomic E-state index is 0. The van der Waals surface area contributed by atoms with E-state index < -0.39 is 0 Å². The number of nitrogens with one attached hydrogen (secondary N) is 2. The summed E-state index contributed by atoms with van der Waals surface area (Å²) < 4.78 is 0. The van der Waals surface area contributed by atoms with Gasteiger partial charge in [-0.15, -0.1) is 12.4 Å². The zero-order valence-corrected chi connectivity index (χ0v) is 15.1. The third kappa shape index (κ3) is 4.16. The van der Waals surface area contributed by atoms with Crippen LogP contribution < -0.4 is 10.6 Å². The van der Waals surface area contributed by atoms with Crippen molar-refractivity contribution >= 4 is 35.6 Å². The van der Waals surface area contributed by atoms with Gasteiger partial charge in [-0.05, 0) is 37.5 Å². The number of halogens is 2. The van der Waals surface area contributed by atoms with Crippen molar-refractivity contribution in [1.82, 2.24) is 10.2 Å². The zero-order chi connectivity index (χ0) is 17.1. The minimum atomic E-state index is -0.288. The Morgan fingerprint density at radius 2 is 2.20 bits per heavy atom. The molecule has 2 saturated heterocycles. The van der Waals surface area contributed by atoms with Gasteiger partial charge < -0.3 is 15.5 Å². The van der Waals surface area contributed by atoms with E-state index in [1.54, 1.807) is 17.0 Å². The van der Waals surface area contributed by atoms with Gasteiger partial charge in [0.25, 0.3) is 0 Å². The van der Waals surface area contributed by atoms with Gasteiger partial charge in [-0.25, -0.2) is 0 Å². The second-order valence-corrected chi connectivity index (χ2v) is 6.57. The highest BCUT2D eigenvalue weighted by atomic mass is 35.5. The van der Waals surface area contributed by atoms with Crippen LogP contribution in [0.5, 0.6) is 0 Å². The maximum atomic E-state index is 12.6. The van der Waals surface area contributed by atoms with Gasteiger partial charge in [0.1, 0.15) is 12.1 Å². The number of nitriles is 2. The van der Waals surface area contributed by atoms with Gasteiger partial charge in [-0.2, -0.15) is 10.5 Å². The van der Waals surface area contributed by atoms with E-state index in [-0.39, 0.29) is 36.4 Å².